The van der Waals surface area contributed by atoms with Gasteiger partial charge in [-0.3, -0.25) is 4.79 Å². The van der Waals surface area contributed by atoms with Crippen LogP contribution < -0.4 is 5.73 Å². The highest BCUT2D eigenvalue weighted by molar-refractivity contribution is 8.16. The van der Waals surface area contributed by atoms with Gasteiger partial charge in [-0.2, -0.15) is 0 Å². The summed E-state index contributed by atoms with van der Waals surface area (Å²) in [4.78, 5) is 30.1. The van der Waals surface area contributed by atoms with Gasteiger partial charge < -0.3 is 20.5 Å². The number of thioether (sulfide) groups is 1. The number of allylic oxidation sites excluding steroid dienone is 1. The van der Waals surface area contributed by atoms with E-state index in [9.17, 15) is 23.1 Å². The molecule has 0 unspecified atom stereocenters. The third-order valence-electron chi connectivity index (χ3n) is 4.67. The highest BCUT2D eigenvalue weighted by Gasteiger charge is 2.19. The van der Waals surface area contributed by atoms with Gasteiger partial charge in [0.15, 0.2) is 9.84 Å². The largest absolute Gasteiger partial charge is 0.456 e. The van der Waals surface area contributed by atoms with Crippen LogP contribution in [0.5, 0.6) is 0 Å². The molecule has 1 aromatic carbocycles. The summed E-state index contributed by atoms with van der Waals surface area (Å²) in [6, 6.07) is 11.4. The topological polar surface area (TPSA) is 140 Å². The van der Waals surface area contributed by atoms with E-state index >= 15 is 0 Å². The normalized spacial score (nSPS) is 12.1. The zero-order valence-corrected chi connectivity index (χ0v) is 20.1. The molecule has 0 atom stereocenters. The number of hydrogen-bond acceptors (Lipinski definition) is 9. The van der Waals surface area contributed by atoms with Crippen molar-refractivity contribution in [1.82, 2.24) is 9.88 Å². The van der Waals surface area contributed by atoms with Crippen LogP contribution >= 0.6 is 11.8 Å². The number of sulfone groups is 1. The minimum Gasteiger partial charge on any atom is -0.456 e. The van der Waals surface area contributed by atoms with E-state index in [1.807, 2.05) is 0 Å². The molecular weight excluding hydrogens is 466 g/mol. The number of amides is 1. The van der Waals surface area contributed by atoms with E-state index in [1.165, 1.54) is 17.0 Å². The number of hydrogen-bond donors (Lipinski definition) is 2. The fourth-order valence-corrected chi connectivity index (χ4v) is 4.75. The van der Waals surface area contributed by atoms with Crippen molar-refractivity contribution in [3.05, 3.63) is 64.3 Å². The molecule has 0 aliphatic heterocycles. The molecule has 178 valence electrons. The molecule has 2 rings (SSSR count). The van der Waals surface area contributed by atoms with Crippen LogP contribution in [0.4, 0.5) is 10.6 Å². The number of pyridine rings is 1. The van der Waals surface area contributed by atoms with Gasteiger partial charge in [-0.1, -0.05) is 24.3 Å². The van der Waals surface area contributed by atoms with E-state index in [0.29, 0.717) is 40.2 Å². The van der Waals surface area contributed by atoms with Crippen LogP contribution in [0, 0.1) is 6.92 Å². The highest BCUT2D eigenvalue weighted by Crippen LogP contribution is 2.28. The van der Waals surface area contributed by atoms with Crippen LogP contribution in [-0.4, -0.2) is 54.1 Å². The minimum absolute atomic E-state index is 0.111. The fourth-order valence-electron chi connectivity index (χ4n) is 2.84. The van der Waals surface area contributed by atoms with Crippen LogP contribution in [-0.2, 0) is 25.9 Å². The Morgan fingerprint density at radius 2 is 1.94 bits per heavy atom. The van der Waals surface area contributed by atoms with Gasteiger partial charge in [0.05, 0.1) is 17.2 Å². The first-order valence-electron chi connectivity index (χ1n) is 10.0. The molecule has 9 nitrogen and oxygen atoms in total. The lowest BCUT2D eigenvalue weighted by atomic mass is 10.2. The van der Waals surface area contributed by atoms with Crippen molar-refractivity contribution in [3.63, 3.8) is 0 Å². The Kier molecular flexibility index (Phi) is 9.89. The predicted molar refractivity (Wildman–Crippen MR) is 127 cm³/mol. The summed E-state index contributed by atoms with van der Waals surface area (Å²) < 4.78 is 29.7. The standard InChI is InChI=1S/C22H27N3O6S2/c1-16-8-9-18(21(23)24-16)14-25(15-27)17(2)20(10-11-26)32-22(28)31-12-13-33(29,30)19-6-4-3-5-7-19/h3-9,15,26H,10-14H2,1-2H3,(H2,23,24)/b20-17-. The molecule has 0 aliphatic rings. The van der Waals surface area contributed by atoms with Crippen molar-refractivity contribution in [3.8, 4) is 0 Å². The summed E-state index contributed by atoms with van der Waals surface area (Å²) in [6.45, 7) is 2.99. The fraction of sp³-hybridized carbons (Fsp3) is 0.318. The van der Waals surface area contributed by atoms with Crippen LogP contribution in [0.15, 0.2) is 58.0 Å². The molecule has 1 aromatic heterocycles. The number of aryl methyl sites for hydroxylation is 1. The van der Waals surface area contributed by atoms with Crippen LogP contribution in [0.25, 0.3) is 0 Å². The Balaban J connectivity index is 2.05. The molecule has 0 saturated heterocycles. The van der Waals surface area contributed by atoms with Gasteiger partial charge in [-0.15, -0.1) is 0 Å². The molecule has 0 fully saturated rings. The summed E-state index contributed by atoms with van der Waals surface area (Å²) in [5.74, 6) is -0.0633. The monoisotopic (exact) mass is 493 g/mol. The maximum Gasteiger partial charge on any atom is 0.371 e. The maximum absolute atomic E-state index is 12.3. The lowest BCUT2D eigenvalue weighted by Gasteiger charge is -2.22. The number of nitrogens with two attached hydrogens (primary N) is 1. The Bertz CT molecular complexity index is 1100. The number of benzene rings is 1. The first kappa shape index (κ1) is 26.4. The molecule has 11 heteroatoms. The molecule has 0 radical (unpaired) electrons. The zero-order valence-electron chi connectivity index (χ0n) is 18.4. The second kappa shape index (κ2) is 12.4. The Labute approximate surface area is 197 Å². The average molecular weight is 494 g/mol. The number of carbonyl (C=O) groups excluding carboxylic acids is 2. The number of aliphatic hydroxyl groups is 1. The van der Waals surface area contributed by atoms with Crippen molar-refractivity contribution in [2.24, 2.45) is 0 Å². The molecule has 0 aliphatic carbocycles. The van der Waals surface area contributed by atoms with Gasteiger partial charge >= 0.3 is 5.30 Å². The Morgan fingerprint density at radius 3 is 2.55 bits per heavy atom. The number of ether oxygens (including phenoxy) is 1. The van der Waals surface area contributed by atoms with Gasteiger partial charge in [-0.25, -0.2) is 18.2 Å². The Morgan fingerprint density at radius 1 is 1.24 bits per heavy atom. The third kappa shape index (κ3) is 7.88. The third-order valence-corrected chi connectivity index (χ3v) is 7.40. The molecule has 1 heterocycles. The Hall–Kier alpha value is -2.89. The van der Waals surface area contributed by atoms with Crippen molar-refractivity contribution < 1.29 is 27.9 Å². The summed E-state index contributed by atoms with van der Waals surface area (Å²) in [5, 5.41) is 8.68. The van der Waals surface area contributed by atoms with Crippen molar-refractivity contribution in [1.29, 1.82) is 0 Å². The van der Waals surface area contributed by atoms with Gasteiger partial charge in [-0.05, 0) is 43.8 Å². The van der Waals surface area contributed by atoms with E-state index in [0.717, 1.165) is 5.69 Å². The molecule has 33 heavy (non-hydrogen) atoms. The average Bonchev–Trinajstić information content (AvgIpc) is 2.78. The van der Waals surface area contributed by atoms with Gasteiger partial charge in [0, 0.05) is 34.9 Å². The number of aliphatic hydroxyl groups excluding tert-OH is 1. The lowest BCUT2D eigenvalue weighted by Crippen LogP contribution is -2.22. The second-order valence-corrected chi connectivity index (χ2v) is 10.2. The molecule has 0 spiro atoms. The van der Waals surface area contributed by atoms with Crippen molar-refractivity contribution >= 4 is 39.1 Å². The first-order valence-corrected chi connectivity index (χ1v) is 12.5. The van der Waals surface area contributed by atoms with Crippen molar-refractivity contribution in [2.75, 3.05) is 24.7 Å². The summed E-state index contributed by atoms with van der Waals surface area (Å²) in [5.41, 5.74) is 7.75. The van der Waals surface area contributed by atoms with Crippen LogP contribution in [0.1, 0.15) is 24.6 Å². The first-order chi connectivity index (χ1) is 15.7. The SMILES string of the molecule is C/C(=C(\CCO)SC(=O)OCCS(=O)(=O)c1ccccc1)N(C=O)Cc1ccc(C)nc1N. The summed E-state index contributed by atoms with van der Waals surface area (Å²) >= 11 is 0.701. The number of nitrogen functional groups attached to an aromatic ring is 1. The minimum atomic E-state index is -3.58. The number of nitrogens with zero attached hydrogens (tertiary/aromatic N) is 2. The van der Waals surface area contributed by atoms with E-state index in [2.05, 4.69) is 4.98 Å². The lowest BCUT2D eigenvalue weighted by molar-refractivity contribution is -0.116. The summed E-state index contributed by atoms with van der Waals surface area (Å²) in [6.07, 6.45) is 0.713. The summed E-state index contributed by atoms with van der Waals surface area (Å²) in [7, 11) is -3.58. The molecule has 1 amide bonds. The van der Waals surface area contributed by atoms with E-state index in [1.54, 1.807) is 44.2 Å². The molecular formula is C22H27N3O6S2. The number of rotatable bonds is 11. The predicted octanol–water partition coefficient (Wildman–Crippen LogP) is 2.89. The van der Waals surface area contributed by atoms with E-state index < -0.39 is 15.1 Å². The molecule has 3 N–H and O–H groups in total. The van der Waals surface area contributed by atoms with E-state index in [4.69, 9.17) is 10.5 Å². The number of anilines is 1. The van der Waals surface area contributed by atoms with Gasteiger partial charge in [0.2, 0.25) is 6.41 Å². The number of aromatic nitrogens is 1. The maximum atomic E-state index is 12.3. The smallest absolute Gasteiger partial charge is 0.371 e. The molecule has 0 saturated carbocycles. The molecule has 0 bridgehead atoms. The molecule has 2 aromatic rings. The quantitative estimate of drug-likeness (QED) is 0.357. The van der Waals surface area contributed by atoms with Gasteiger partial charge in [0.25, 0.3) is 0 Å². The zero-order chi connectivity index (χ0) is 24.4. The van der Waals surface area contributed by atoms with Crippen molar-refractivity contribution in [2.45, 2.75) is 31.7 Å². The number of carbonyl (C=O) groups is 2. The second-order valence-electron chi connectivity index (χ2n) is 7.04. The van der Waals surface area contributed by atoms with Crippen LogP contribution in [0.3, 0.4) is 0 Å². The highest BCUT2D eigenvalue weighted by atomic mass is 32.2. The van der Waals surface area contributed by atoms with Gasteiger partial charge in [0.1, 0.15) is 12.4 Å². The van der Waals surface area contributed by atoms with E-state index in [-0.39, 0.29) is 36.8 Å². The van der Waals surface area contributed by atoms with Crippen LogP contribution in [0.2, 0.25) is 0 Å².